The zero-order valence-electron chi connectivity index (χ0n) is 16.1. The normalized spacial score (nSPS) is 11.1. The van der Waals surface area contributed by atoms with Gasteiger partial charge in [-0.3, -0.25) is 9.59 Å². The van der Waals surface area contributed by atoms with Crippen LogP contribution in [-0.4, -0.2) is 24.3 Å². The number of thiophene rings is 1. The number of Topliss-reactive ketones (excluding diaryl/α,β-unsaturated/α-hetero) is 1. The van der Waals surface area contributed by atoms with Crippen molar-refractivity contribution < 1.29 is 19.1 Å². The second kappa shape index (κ2) is 8.95. The largest absolute Gasteiger partial charge is 0.454 e. The molecule has 1 heterocycles. The Morgan fingerprint density at radius 2 is 1.70 bits per heavy atom. The fourth-order valence-corrected chi connectivity index (χ4v) is 3.09. The first-order valence-electron chi connectivity index (χ1n) is 8.87. The summed E-state index contributed by atoms with van der Waals surface area (Å²) in [4.78, 5) is 37.6. The highest BCUT2D eigenvalue weighted by atomic mass is 32.1. The number of nitrogens with one attached hydrogen (secondary N) is 1. The summed E-state index contributed by atoms with van der Waals surface area (Å²) in [5, 5.41) is 2.85. The highest BCUT2D eigenvalue weighted by Crippen LogP contribution is 2.19. The molecule has 5 nitrogen and oxygen atoms in total. The summed E-state index contributed by atoms with van der Waals surface area (Å²) < 4.78 is 5.12. The molecule has 0 fully saturated rings. The van der Waals surface area contributed by atoms with Crippen LogP contribution in [0.25, 0.3) is 0 Å². The standard InChI is InChI=1S/C21H25NO4S/c1-5-14-6-8-15(9-7-14)19(24)26-13-17(23)18-11-10-16(27-18)12-22-20(25)21(2,3)4/h6-11H,5,12-13H2,1-4H3,(H,22,25). The average molecular weight is 388 g/mol. The number of rotatable bonds is 7. The van der Waals surface area contributed by atoms with Crippen molar-refractivity contribution in [3.63, 3.8) is 0 Å². The van der Waals surface area contributed by atoms with Crippen LogP contribution in [0.1, 0.15) is 58.2 Å². The van der Waals surface area contributed by atoms with Crippen LogP contribution in [0.4, 0.5) is 0 Å². The van der Waals surface area contributed by atoms with Crippen molar-refractivity contribution in [1.82, 2.24) is 5.32 Å². The molecule has 0 aliphatic carbocycles. The molecule has 0 atom stereocenters. The maximum absolute atomic E-state index is 12.2. The Hall–Kier alpha value is -2.47. The number of hydrogen-bond donors (Lipinski definition) is 1. The third kappa shape index (κ3) is 6.03. The van der Waals surface area contributed by atoms with Crippen LogP contribution >= 0.6 is 11.3 Å². The molecule has 0 aliphatic rings. The summed E-state index contributed by atoms with van der Waals surface area (Å²) in [5.74, 6) is -0.820. The molecule has 0 bridgehead atoms. The minimum atomic E-state index is -0.514. The Labute approximate surface area is 163 Å². The quantitative estimate of drug-likeness (QED) is 0.575. The van der Waals surface area contributed by atoms with Gasteiger partial charge in [-0.15, -0.1) is 11.3 Å². The molecule has 1 aromatic heterocycles. The van der Waals surface area contributed by atoms with Gasteiger partial charge in [-0.05, 0) is 36.2 Å². The Morgan fingerprint density at radius 1 is 1.04 bits per heavy atom. The van der Waals surface area contributed by atoms with Gasteiger partial charge >= 0.3 is 5.97 Å². The third-order valence-corrected chi connectivity index (χ3v) is 5.10. The zero-order valence-corrected chi connectivity index (χ0v) is 16.9. The molecule has 0 unspecified atom stereocenters. The predicted octanol–water partition coefficient (Wildman–Crippen LogP) is 4.01. The minimum absolute atomic E-state index is 0.0493. The lowest BCUT2D eigenvalue weighted by Gasteiger charge is -2.17. The lowest BCUT2D eigenvalue weighted by atomic mass is 9.96. The van der Waals surface area contributed by atoms with E-state index in [1.807, 2.05) is 39.8 Å². The fourth-order valence-electron chi connectivity index (χ4n) is 2.22. The van der Waals surface area contributed by atoms with Gasteiger partial charge in [0, 0.05) is 10.3 Å². The number of hydrogen-bond acceptors (Lipinski definition) is 5. The molecule has 1 N–H and O–H groups in total. The van der Waals surface area contributed by atoms with E-state index in [2.05, 4.69) is 5.32 Å². The van der Waals surface area contributed by atoms with E-state index < -0.39 is 11.4 Å². The number of carbonyl (C=O) groups is 3. The molecule has 0 saturated heterocycles. The summed E-state index contributed by atoms with van der Waals surface area (Å²) in [7, 11) is 0. The molecule has 2 rings (SSSR count). The van der Waals surface area contributed by atoms with E-state index in [9.17, 15) is 14.4 Å². The Balaban J connectivity index is 1.86. The summed E-state index contributed by atoms with van der Waals surface area (Å²) >= 11 is 1.29. The lowest BCUT2D eigenvalue weighted by molar-refractivity contribution is -0.128. The van der Waals surface area contributed by atoms with Crippen LogP contribution in [0, 0.1) is 5.41 Å². The number of ether oxygens (including phenoxy) is 1. The summed E-state index contributed by atoms with van der Waals surface area (Å²) in [5.41, 5.74) is 1.10. The maximum Gasteiger partial charge on any atom is 0.338 e. The Kier molecular flexibility index (Phi) is 6.91. The van der Waals surface area contributed by atoms with Crippen LogP contribution in [0.2, 0.25) is 0 Å². The van der Waals surface area contributed by atoms with E-state index in [0.29, 0.717) is 17.0 Å². The van der Waals surface area contributed by atoms with Gasteiger partial charge in [-0.1, -0.05) is 39.8 Å². The lowest BCUT2D eigenvalue weighted by Crippen LogP contribution is -2.34. The second-order valence-corrected chi connectivity index (χ2v) is 8.42. The van der Waals surface area contributed by atoms with E-state index >= 15 is 0 Å². The van der Waals surface area contributed by atoms with Crippen LogP contribution < -0.4 is 5.32 Å². The van der Waals surface area contributed by atoms with E-state index in [-0.39, 0.29) is 18.3 Å². The number of esters is 1. The maximum atomic E-state index is 12.2. The summed E-state index contributed by atoms with van der Waals surface area (Å²) in [6.45, 7) is 7.64. The van der Waals surface area contributed by atoms with Gasteiger partial charge in [-0.25, -0.2) is 4.79 Å². The number of aryl methyl sites for hydroxylation is 1. The van der Waals surface area contributed by atoms with Crippen LogP contribution in [0.3, 0.4) is 0 Å². The summed E-state index contributed by atoms with van der Waals surface area (Å²) in [6, 6.07) is 10.6. The first-order chi connectivity index (χ1) is 12.7. The minimum Gasteiger partial charge on any atom is -0.454 e. The van der Waals surface area contributed by atoms with Gasteiger partial charge in [0.1, 0.15) is 0 Å². The van der Waals surface area contributed by atoms with Crippen LogP contribution in [-0.2, 0) is 22.5 Å². The van der Waals surface area contributed by atoms with E-state index in [1.54, 1.807) is 24.3 Å². The SMILES string of the molecule is CCc1ccc(C(=O)OCC(=O)c2ccc(CNC(=O)C(C)(C)C)s2)cc1. The molecule has 1 aromatic carbocycles. The van der Waals surface area contributed by atoms with Gasteiger partial charge in [0.05, 0.1) is 17.0 Å². The molecule has 0 saturated carbocycles. The number of ketones is 1. The number of benzene rings is 1. The molecule has 144 valence electrons. The van der Waals surface area contributed by atoms with E-state index in [0.717, 1.165) is 16.9 Å². The highest BCUT2D eigenvalue weighted by Gasteiger charge is 2.21. The van der Waals surface area contributed by atoms with Crippen molar-refractivity contribution in [3.05, 3.63) is 57.3 Å². The molecular weight excluding hydrogens is 362 g/mol. The van der Waals surface area contributed by atoms with Gasteiger partial charge in [0.15, 0.2) is 6.61 Å². The monoisotopic (exact) mass is 387 g/mol. The van der Waals surface area contributed by atoms with Gasteiger partial charge in [0.25, 0.3) is 0 Å². The highest BCUT2D eigenvalue weighted by molar-refractivity contribution is 7.14. The second-order valence-electron chi connectivity index (χ2n) is 7.25. The molecule has 0 spiro atoms. The van der Waals surface area contributed by atoms with Gasteiger partial charge in [-0.2, -0.15) is 0 Å². The molecule has 0 aliphatic heterocycles. The number of amides is 1. The fraction of sp³-hybridized carbons (Fsp3) is 0.381. The first-order valence-corrected chi connectivity index (χ1v) is 9.68. The molecule has 6 heteroatoms. The van der Waals surface area contributed by atoms with Crippen molar-refractivity contribution in [1.29, 1.82) is 0 Å². The third-order valence-electron chi connectivity index (χ3n) is 3.97. The zero-order chi connectivity index (χ0) is 20.0. The van der Waals surface area contributed by atoms with E-state index in [1.165, 1.54) is 11.3 Å². The van der Waals surface area contributed by atoms with Crippen molar-refractivity contribution in [2.24, 2.45) is 5.41 Å². The van der Waals surface area contributed by atoms with Crippen molar-refractivity contribution in [2.75, 3.05) is 6.61 Å². The molecular formula is C21H25NO4S. The average Bonchev–Trinajstić information content (AvgIpc) is 3.12. The summed E-state index contributed by atoms with van der Waals surface area (Å²) in [6.07, 6.45) is 0.894. The van der Waals surface area contributed by atoms with Gasteiger partial charge in [0.2, 0.25) is 11.7 Å². The Bertz CT molecular complexity index is 815. The van der Waals surface area contributed by atoms with Gasteiger partial charge < -0.3 is 10.1 Å². The van der Waals surface area contributed by atoms with Crippen molar-refractivity contribution >= 4 is 29.0 Å². The van der Waals surface area contributed by atoms with Crippen LogP contribution in [0.15, 0.2) is 36.4 Å². The number of carbonyl (C=O) groups excluding carboxylic acids is 3. The molecule has 1 amide bonds. The molecule has 27 heavy (non-hydrogen) atoms. The van der Waals surface area contributed by atoms with Crippen LogP contribution in [0.5, 0.6) is 0 Å². The molecule has 2 aromatic rings. The van der Waals surface area contributed by atoms with Crippen molar-refractivity contribution in [2.45, 2.75) is 40.7 Å². The molecule has 0 radical (unpaired) electrons. The predicted molar refractivity (Wildman–Crippen MR) is 106 cm³/mol. The van der Waals surface area contributed by atoms with E-state index in [4.69, 9.17) is 4.74 Å². The Morgan fingerprint density at radius 3 is 2.30 bits per heavy atom. The topological polar surface area (TPSA) is 72.5 Å². The first kappa shape index (κ1) is 20.8. The smallest absolute Gasteiger partial charge is 0.338 e. The van der Waals surface area contributed by atoms with Crippen molar-refractivity contribution in [3.8, 4) is 0 Å².